The number of benzene rings is 2. The molecule has 2 aromatic carbocycles. The van der Waals surface area contributed by atoms with Gasteiger partial charge in [0.25, 0.3) is 0 Å². The molecule has 4 unspecified atom stereocenters. The lowest BCUT2D eigenvalue weighted by Gasteiger charge is -2.44. The minimum Gasteiger partial charge on any atom is -0.249 e. The molecule has 40 heavy (non-hydrogen) atoms. The van der Waals surface area contributed by atoms with Crippen molar-refractivity contribution in [3.05, 3.63) is 79.8 Å². The highest BCUT2D eigenvalue weighted by Crippen LogP contribution is 2.62. The standard InChI is InChI=1S/C32H24N4S4/c1-32(2)13-16-7-8-17(32)29-28(16)35-20-11-24-25(12-21(20)36-29)40-31(39-24)30-37-22-9-18-19(10-23(22)38-30)34-27-15-4-3-14(5-6-15)26(27)33-18/h3-4,7-12,14-17H,5-6,13H2,1-2H3. The van der Waals surface area contributed by atoms with E-state index in [1.54, 1.807) is 0 Å². The van der Waals surface area contributed by atoms with Gasteiger partial charge in [0.05, 0.1) is 53.3 Å². The van der Waals surface area contributed by atoms with Crippen LogP contribution < -0.4 is 0 Å². The average Bonchev–Trinajstić information content (AvgIpc) is 3.56. The first-order chi connectivity index (χ1) is 19.5. The first-order valence-corrected chi connectivity index (χ1v) is 17.3. The molecule has 8 heteroatoms. The molecular weight excluding hydrogens is 569 g/mol. The molecule has 4 nitrogen and oxygen atoms in total. The average molecular weight is 593 g/mol. The maximum Gasteiger partial charge on any atom is 0.0902 e. The summed E-state index contributed by atoms with van der Waals surface area (Å²) in [4.78, 5) is 25.9. The van der Waals surface area contributed by atoms with E-state index in [0.29, 0.717) is 23.7 Å². The second-order valence-corrected chi connectivity index (χ2v) is 17.1. The number of nitrogens with zero attached hydrogens (tertiary/aromatic N) is 4. The Labute approximate surface area is 249 Å². The molecule has 0 saturated heterocycles. The molecule has 0 spiro atoms. The highest BCUT2D eigenvalue weighted by molar-refractivity contribution is 8.30. The number of allylic oxidation sites excluding steroid dienone is 4. The maximum atomic E-state index is 5.22. The fourth-order valence-corrected chi connectivity index (χ4v) is 12.7. The third kappa shape index (κ3) is 3.22. The van der Waals surface area contributed by atoms with Crippen LogP contribution in [0.15, 0.2) is 76.6 Å². The third-order valence-electron chi connectivity index (χ3n) is 9.38. The van der Waals surface area contributed by atoms with Crippen LogP contribution in [-0.2, 0) is 0 Å². The quantitative estimate of drug-likeness (QED) is 0.187. The Morgan fingerprint density at radius 3 is 1.38 bits per heavy atom. The van der Waals surface area contributed by atoms with E-state index < -0.39 is 0 Å². The van der Waals surface area contributed by atoms with Gasteiger partial charge in [-0.3, -0.25) is 0 Å². The van der Waals surface area contributed by atoms with Crippen LogP contribution >= 0.6 is 47.0 Å². The molecule has 6 aliphatic carbocycles. The summed E-state index contributed by atoms with van der Waals surface area (Å²) in [6.45, 7) is 4.74. The molecule has 4 heterocycles. The van der Waals surface area contributed by atoms with Gasteiger partial charge in [0.2, 0.25) is 0 Å². The lowest BCUT2D eigenvalue weighted by Crippen LogP contribution is -2.34. The van der Waals surface area contributed by atoms with Gasteiger partial charge in [-0.15, -0.1) is 0 Å². The molecule has 0 saturated carbocycles. The number of fused-ring (bicyclic) bond motifs is 6. The van der Waals surface area contributed by atoms with Crippen LogP contribution in [0.2, 0.25) is 0 Å². The number of aromatic nitrogens is 4. The van der Waals surface area contributed by atoms with E-state index in [9.17, 15) is 0 Å². The number of thioether (sulfide) groups is 4. The van der Waals surface area contributed by atoms with Crippen molar-refractivity contribution in [1.29, 1.82) is 0 Å². The van der Waals surface area contributed by atoms with Gasteiger partial charge < -0.3 is 0 Å². The van der Waals surface area contributed by atoms with E-state index in [-0.39, 0.29) is 5.41 Å². The smallest absolute Gasteiger partial charge is 0.0902 e. The Hall–Kier alpha value is -2.26. The van der Waals surface area contributed by atoms with Crippen molar-refractivity contribution >= 4 is 69.1 Å². The first kappa shape index (κ1) is 23.3. The van der Waals surface area contributed by atoms with E-state index in [2.05, 4.69) is 62.4 Å². The number of rotatable bonds is 0. The zero-order valence-corrected chi connectivity index (χ0v) is 25.2. The molecule has 8 aliphatic rings. The highest BCUT2D eigenvalue weighted by Gasteiger charge is 2.44. The van der Waals surface area contributed by atoms with Crippen LogP contribution in [-0.4, -0.2) is 19.9 Å². The van der Waals surface area contributed by atoms with Crippen LogP contribution in [0.5, 0.6) is 0 Å². The van der Waals surface area contributed by atoms with Gasteiger partial charge in [0.15, 0.2) is 0 Å². The van der Waals surface area contributed by atoms with Gasteiger partial charge in [0, 0.05) is 43.3 Å². The predicted octanol–water partition coefficient (Wildman–Crippen LogP) is 9.49. The summed E-state index contributed by atoms with van der Waals surface area (Å²) in [6, 6.07) is 9.08. The fourth-order valence-electron chi connectivity index (χ4n) is 7.35. The van der Waals surface area contributed by atoms with E-state index in [4.69, 9.17) is 19.9 Å². The Morgan fingerprint density at radius 2 is 0.950 bits per heavy atom. The largest absolute Gasteiger partial charge is 0.249 e. The molecule has 2 aliphatic heterocycles. The van der Waals surface area contributed by atoms with Gasteiger partial charge in [-0.1, -0.05) is 85.2 Å². The second kappa shape index (κ2) is 7.97. The van der Waals surface area contributed by atoms with E-state index in [1.807, 2.05) is 47.0 Å². The number of hydrogen-bond acceptors (Lipinski definition) is 8. The summed E-state index contributed by atoms with van der Waals surface area (Å²) in [6.07, 6.45) is 13.0. The molecule has 196 valence electrons. The van der Waals surface area contributed by atoms with Gasteiger partial charge in [-0.2, -0.15) is 0 Å². The minimum absolute atomic E-state index is 0.241. The topological polar surface area (TPSA) is 51.6 Å². The van der Waals surface area contributed by atoms with E-state index in [1.165, 1.54) is 63.7 Å². The van der Waals surface area contributed by atoms with Crippen LogP contribution in [0.3, 0.4) is 0 Å². The molecule has 0 fully saturated rings. The van der Waals surface area contributed by atoms with Gasteiger partial charge in [0.1, 0.15) is 0 Å². The van der Waals surface area contributed by atoms with Crippen molar-refractivity contribution in [2.24, 2.45) is 5.41 Å². The summed E-state index contributed by atoms with van der Waals surface area (Å²) >= 11 is 7.54. The second-order valence-electron chi connectivity index (χ2n) is 12.4. The van der Waals surface area contributed by atoms with Crippen molar-refractivity contribution in [3.8, 4) is 0 Å². The summed E-state index contributed by atoms with van der Waals surface area (Å²) in [5.41, 5.74) is 9.18. The summed E-state index contributed by atoms with van der Waals surface area (Å²) < 4.78 is 2.71. The Kier molecular flexibility index (Phi) is 4.65. The molecule has 0 amide bonds. The Morgan fingerprint density at radius 1 is 0.550 bits per heavy atom. The van der Waals surface area contributed by atoms with Crippen molar-refractivity contribution in [2.75, 3.05) is 0 Å². The molecule has 2 aromatic heterocycles. The summed E-state index contributed by atoms with van der Waals surface area (Å²) in [5.74, 6) is 1.63. The summed E-state index contributed by atoms with van der Waals surface area (Å²) in [7, 11) is 0. The SMILES string of the molecule is CC1(C)CC2C=CC1c1nc3cc4c(cc3nc12)SC(=C1Sc2cc3nc5c(nc3cc2S1)C1C=CC5CC1)S4. The monoisotopic (exact) mass is 592 g/mol. The highest BCUT2D eigenvalue weighted by atomic mass is 32.2. The minimum atomic E-state index is 0.241. The van der Waals surface area contributed by atoms with Gasteiger partial charge >= 0.3 is 0 Å². The zero-order valence-electron chi connectivity index (χ0n) is 22.0. The molecule has 12 rings (SSSR count). The van der Waals surface area contributed by atoms with Crippen molar-refractivity contribution < 1.29 is 0 Å². The van der Waals surface area contributed by atoms with E-state index in [0.717, 1.165) is 28.5 Å². The molecular formula is C32H24N4S4. The lowest BCUT2D eigenvalue weighted by molar-refractivity contribution is 0.243. The Balaban J connectivity index is 1.00. The number of hydrogen-bond donors (Lipinski definition) is 0. The third-order valence-corrected chi connectivity index (χ3v) is 14.9. The van der Waals surface area contributed by atoms with Crippen LogP contribution in [0.1, 0.15) is 79.6 Å². The van der Waals surface area contributed by atoms with Crippen molar-refractivity contribution in [3.63, 3.8) is 0 Å². The first-order valence-electron chi connectivity index (χ1n) is 14.0. The predicted molar refractivity (Wildman–Crippen MR) is 166 cm³/mol. The molecule has 4 bridgehead atoms. The molecule has 4 aromatic rings. The Bertz CT molecular complexity index is 1890. The normalized spacial score (nSPS) is 27.9. The lowest BCUT2D eigenvalue weighted by atomic mass is 9.61. The maximum absolute atomic E-state index is 5.22. The zero-order chi connectivity index (χ0) is 26.3. The van der Waals surface area contributed by atoms with Crippen molar-refractivity contribution in [2.45, 2.75) is 76.4 Å². The van der Waals surface area contributed by atoms with Crippen LogP contribution in [0, 0.1) is 5.41 Å². The fraction of sp³-hybridized carbons (Fsp3) is 0.312. The van der Waals surface area contributed by atoms with Gasteiger partial charge in [-0.05, 0) is 48.9 Å². The molecule has 0 radical (unpaired) electrons. The molecule has 0 N–H and O–H groups in total. The van der Waals surface area contributed by atoms with Gasteiger partial charge in [-0.25, -0.2) is 19.9 Å². The van der Waals surface area contributed by atoms with Crippen LogP contribution in [0.25, 0.3) is 22.1 Å². The van der Waals surface area contributed by atoms with E-state index >= 15 is 0 Å². The van der Waals surface area contributed by atoms with Crippen LogP contribution in [0.4, 0.5) is 0 Å². The summed E-state index contributed by atoms with van der Waals surface area (Å²) in [5, 5.41) is 0. The molecule has 4 atom stereocenters. The van der Waals surface area contributed by atoms with Crippen molar-refractivity contribution in [1.82, 2.24) is 19.9 Å².